The van der Waals surface area contributed by atoms with E-state index in [0.29, 0.717) is 18.0 Å². The summed E-state index contributed by atoms with van der Waals surface area (Å²) in [6.45, 7) is 5.04. The maximum absolute atomic E-state index is 12.1. The van der Waals surface area contributed by atoms with E-state index in [4.69, 9.17) is 5.73 Å². The zero-order valence-corrected chi connectivity index (χ0v) is 12.7. The third-order valence-electron chi connectivity index (χ3n) is 3.09. The fourth-order valence-electron chi connectivity index (χ4n) is 1.26. The van der Waals surface area contributed by atoms with Gasteiger partial charge in [0.15, 0.2) is 0 Å². The minimum absolute atomic E-state index is 0.0775. The second kappa shape index (κ2) is 6.71. The summed E-state index contributed by atoms with van der Waals surface area (Å²) in [5.41, 5.74) is 6.00. The van der Waals surface area contributed by atoms with Gasteiger partial charge in [-0.25, -0.2) is 0 Å². The molecule has 0 bridgehead atoms. The summed E-state index contributed by atoms with van der Waals surface area (Å²) in [7, 11) is 3.99. The molecule has 0 saturated heterocycles. The first-order valence-corrected chi connectivity index (χ1v) is 6.98. The summed E-state index contributed by atoms with van der Waals surface area (Å²) in [5, 5.41) is 4.82. The highest BCUT2D eigenvalue weighted by molar-refractivity contribution is 7.12. The predicted octanol–water partition coefficient (Wildman–Crippen LogP) is 1.13. The summed E-state index contributed by atoms with van der Waals surface area (Å²) in [6, 6.07) is 1.85. The third-order valence-corrected chi connectivity index (χ3v) is 4.00. The molecule has 4 nitrogen and oxygen atoms in total. The molecular weight excluding hydrogens is 258 g/mol. The molecule has 5 heteroatoms. The summed E-state index contributed by atoms with van der Waals surface area (Å²) in [6.07, 6.45) is 0. The van der Waals surface area contributed by atoms with Crippen molar-refractivity contribution < 1.29 is 4.79 Å². The van der Waals surface area contributed by atoms with Crippen LogP contribution < -0.4 is 11.1 Å². The van der Waals surface area contributed by atoms with Crippen LogP contribution in [0.25, 0.3) is 0 Å². The molecule has 0 unspecified atom stereocenters. The van der Waals surface area contributed by atoms with E-state index in [2.05, 4.69) is 35.9 Å². The van der Waals surface area contributed by atoms with Gasteiger partial charge in [-0.15, -0.1) is 11.3 Å². The number of amides is 1. The molecule has 0 aliphatic rings. The van der Waals surface area contributed by atoms with Crippen molar-refractivity contribution in [1.29, 1.82) is 0 Å². The minimum atomic E-state index is -0.0873. The number of carbonyl (C=O) groups is 1. The van der Waals surface area contributed by atoms with Gasteiger partial charge in [0.1, 0.15) is 4.88 Å². The number of hydrogen-bond acceptors (Lipinski definition) is 4. The lowest BCUT2D eigenvalue weighted by molar-refractivity contribution is 0.0923. The third kappa shape index (κ3) is 4.35. The van der Waals surface area contributed by atoms with Crippen molar-refractivity contribution in [2.24, 2.45) is 5.73 Å². The molecule has 1 amide bonds. The van der Waals surface area contributed by atoms with E-state index >= 15 is 0 Å². The van der Waals surface area contributed by atoms with Gasteiger partial charge in [-0.05, 0) is 39.4 Å². The van der Waals surface area contributed by atoms with Crippen LogP contribution in [0.2, 0.25) is 0 Å². The number of nitrogens with zero attached hydrogens (tertiary/aromatic N) is 1. The highest BCUT2D eigenvalue weighted by Crippen LogP contribution is 2.16. The highest BCUT2D eigenvalue weighted by atomic mass is 32.1. The van der Waals surface area contributed by atoms with E-state index in [-0.39, 0.29) is 11.4 Å². The van der Waals surface area contributed by atoms with E-state index in [9.17, 15) is 4.79 Å². The summed E-state index contributed by atoms with van der Waals surface area (Å²) < 4.78 is 0. The Morgan fingerprint density at radius 1 is 1.53 bits per heavy atom. The van der Waals surface area contributed by atoms with Crippen molar-refractivity contribution in [2.45, 2.75) is 19.4 Å². The topological polar surface area (TPSA) is 58.4 Å². The predicted molar refractivity (Wildman–Crippen MR) is 80.4 cm³/mol. The molecular formula is C14H21N3OS. The van der Waals surface area contributed by atoms with Crippen molar-refractivity contribution in [3.63, 3.8) is 0 Å². The average molecular weight is 279 g/mol. The van der Waals surface area contributed by atoms with Gasteiger partial charge in [0.2, 0.25) is 0 Å². The number of rotatable bonds is 4. The van der Waals surface area contributed by atoms with Crippen LogP contribution in [0.3, 0.4) is 0 Å². The summed E-state index contributed by atoms with van der Waals surface area (Å²) >= 11 is 1.40. The lowest BCUT2D eigenvalue weighted by Crippen LogP contribution is -2.48. The van der Waals surface area contributed by atoms with Crippen LogP contribution in [0.5, 0.6) is 0 Å². The first-order chi connectivity index (χ1) is 8.88. The van der Waals surface area contributed by atoms with Crippen LogP contribution in [0.4, 0.5) is 0 Å². The van der Waals surface area contributed by atoms with Crippen LogP contribution >= 0.6 is 11.3 Å². The maximum Gasteiger partial charge on any atom is 0.262 e. The maximum atomic E-state index is 12.1. The molecule has 0 radical (unpaired) electrons. The molecule has 19 heavy (non-hydrogen) atoms. The van der Waals surface area contributed by atoms with Crippen molar-refractivity contribution in [1.82, 2.24) is 10.2 Å². The number of likely N-dealkylation sites (N-methyl/N-ethyl adjacent to an activating group) is 1. The van der Waals surface area contributed by atoms with Crippen molar-refractivity contribution in [2.75, 3.05) is 27.2 Å². The van der Waals surface area contributed by atoms with Gasteiger partial charge in [0, 0.05) is 17.6 Å². The molecule has 1 rings (SSSR count). The Labute approximate surface area is 119 Å². The Hall–Kier alpha value is -1.35. The molecule has 0 spiro atoms. The smallest absolute Gasteiger partial charge is 0.262 e. The fraction of sp³-hybridized carbons (Fsp3) is 0.500. The van der Waals surface area contributed by atoms with Crippen LogP contribution in [0, 0.1) is 11.8 Å². The van der Waals surface area contributed by atoms with Crippen LogP contribution in [-0.4, -0.2) is 43.5 Å². The first-order valence-electron chi connectivity index (χ1n) is 6.10. The van der Waals surface area contributed by atoms with E-state index in [1.54, 1.807) is 0 Å². The molecule has 0 aliphatic carbocycles. The van der Waals surface area contributed by atoms with Crippen molar-refractivity contribution in [3.8, 4) is 11.8 Å². The van der Waals surface area contributed by atoms with Gasteiger partial charge >= 0.3 is 0 Å². The Balaban J connectivity index is 2.72. The van der Waals surface area contributed by atoms with Gasteiger partial charge in [-0.2, -0.15) is 0 Å². The lowest BCUT2D eigenvalue weighted by atomic mass is 10.0. The molecule has 0 atom stereocenters. The quantitative estimate of drug-likeness (QED) is 0.812. The molecule has 0 saturated carbocycles. The van der Waals surface area contributed by atoms with Crippen molar-refractivity contribution >= 4 is 17.2 Å². The van der Waals surface area contributed by atoms with Gasteiger partial charge in [-0.3, -0.25) is 4.79 Å². The van der Waals surface area contributed by atoms with Gasteiger partial charge in [0.05, 0.1) is 6.54 Å². The number of carbonyl (C=O) groups excluding carboxylic acids is 1. The lowest BCUT2D eigenvalue weighted by Gasteiger charge is -2.32. The standard InChI is InChI=1S/C14H21N3OS/c1-14(2,17(3)4)10-16-13(18)12-11(6-5-8-15)7-9-19-12/h7,9H,8,10,15H2,1-4H3,(H,16,18). The average Bonchev–Trinajstić information content (AvgIpc) is 2.81. The molecule has 1 aromatic heterocycles. The van der Waals surface area contributed by atoms with Crippen molar-refractivity contribution in [3.05, 3.63) is 21.9 Å². The molecule has 0 aromatic carbocycles. The zero-order chi connectivity index (χ0) is 14.5. The number of nitrogens with two attached hydrogens (primary N) is 1. The van der Waals surface area contributed by atoms with Crippen LogP contribution in [0.1, 0.15) is 29.1 Å². The minimum Gasteiger partial charge on any atom is -0.349 e. The van der Waals surface area contributed by atoms with E-state index < -0.39 is 0 Å². The van der Waals surface area contributed by atoms with Gasteiger partial charge in [0.25, 0.3) is 5.91 Å². The van der Waals surface area contributed by atoms with Crippen LogP contribution in [-0.2, 0) is 0 Å². The second-order valence-electron chi connectivity index (χ2n) is 5.06. The Bertz CT molecular complexity index is 494. The zero-order valence-electron chi connectivity index (χ0n) is 11.9. The Morgan fingerprint density at radius 3 is 2.79 bits per heavy atom. The largest absolute Gasteiger partial charge is 0.349 e. The monoisotopic (exact) mass is 279 g/mol. The first kappa shape index (κ1) is 15.7. The van der Waals surface area contributed by atoms with E-state index in [1.165, 1.54) is 11.3 Å². The highest BCUT2D eigenvalue weighted by Gasteiger charge is 2.22. The molecule has 1 heterocycles. The van der Waals surface area contributed by atoms with E-state index in [1.807, 2.05) is 25.5 Å². The number of thiophene rings is 1. The fourth-order valence-corrected chi connectivity index (χ4v) is 2.03. The van der Waals surface area contributed by atoms with Gasteiger partial charge < -0.3 is 16.0 Å². The Morgan fingerprint density at radius 2 is 2.21 bits per heavy atom. The number of nitrogens with one attached hydrogen (secondary N) is 1. The normalized spacial score (nSPS) is 11.1. The van der Waals surface area contributed by atoms with Crippen LogP contribution in [0.15, 0.2) is 11.4 Å². The molecule has 0 aliphatic heterocycles. The van der Waals surface area contributed by atoms with E-state index in [0.717, 1.165) is 5.56 Å². The summed E-state index contributed by atoms with van der Waals surface area (Å²) in [4.78, 5) is 14.9. The van der Waals surface area contributed by atoms with Gasteiger partial charge in [-0.1, -0.05) is 11.8 Å². The number of hydrogen-bond donors (Lipinski definition) is 2. The SMILES string of the molecule is CN(C)C(C)(C)CNC(=O)c1sccc1C#CCN. The molecule has 1 aromatic rings. The second-order valence-corrected chi connectivity index (χ2v) is 5.97. The summed E-state index contributed by atoms with van der Waals surface area (Å²) in [5.74, 6) is 5.61. The molecule has 104 valence electrons. The molecule has 3 N–H and O–H groups in total. The Kier molecular flexibility index (Phi) is 5.55. The molecule has 0 fully saturated rings.